The van der Waals surface area contributed by atoms with E-state index in [1.54, 1.807) is 22.9 Å². The van der Waals surface area contributed by atoms with Gasteiger partial charge in [-0.3, -0.25) is 14.3 Å². The summed E-state index contributed by atoms with van der Waals surface area (Å²) in [6, 6.07) is 9.76. The zero-order valence-electron chi connectivity index (χ0n) is 21.2. The molecule has 0 saturated heterocycles. The van der Waals surface area contributed by atoms with E-state index >= 15 is 0 Å². The molecule has 0 radical (unpaired) electrons. The Morgan fingerprint density at radius 3 is 2.33 bits per heavy atom. The van der Waals surface area contributed by atoms with E-state index in [1.807, 2.05) is 39.1 Å². The minimum Gasteiger partial charge on any atom is -0.487 e. The van der Waals surface area contributed by atoms with Gasteiger partial charge < -0.3 is 4.74 Å². The molecule has 3 aromatic heterocycles. The number of halogens is 2. The van der Waals surface area contributed by atoms with Gasteiger partial charge in [0.15, 0.2) is 0 Å². The van der Waals surface area contributed by atoms with E-state index in [9.17, 15) is 9.18 Å². The SMILES string of the molecule is Cc1cnc(-c2nc(C(C)(C)C)ncc2C)cc1-n1c(C)cc(OCc2ccc(F)cc2)c(Br)c1=O. The lowest BCUT2D eigenvalue weighted by Gasteiger charge is -2.19. The molecule has 0 aliphatic rings. The van der Waals surface area contributed by atoms with Crippen molar-refractivity contribution in [1.29, 1.82) is 0 Å². The van der Waals surface area contributed by atoms with Crippen molar-refractivity contribution >= 4 is 15.9 Å². The van der Waals surface area contributed by atoms with Gasteiger partial charge in [0, 0.05) is 29.6 Å². The largest absolute Gasteiger partial charge is 0.487 e. The Hall–Kier alpha value is -3.39. The van der Waals surface area contributed by atoms with Crippen molar-refractivity contribution < 1.29 is 9.13 Å². The molecule has 186 valence electrons. The Kier molecular flexibility index (Phi) is 7.09. The maximum atomic E-state index is 13.5. The fraction of sp³-hybridized carbons (Fsp3) is 0.286. The topological polar surface area (TPSA) is 69.9 Å². The first kappa shape index (κ1) is 25.7. The van der Waals surface area contributed by atoms with Crippen LogP contribution in [0.5, 0.6) is 5.75 Å². The van der Waals surface area contributed by atoms with Crippen molar-refractivity contribution in [3.05, 3.63) is 97.6 Å². The van der Waals surface area contributed by atoms with Gasteiger partial charge in [-0.25, -0.2) is 14.4 Å². The maximum Gasteiger partial charge on any atom is 0.273 e. The number of rotatable bonds is 5. The summed E-state index contributed by atoms with van der Waals surface area (Å²) in [6.07, 6.45) is 3.56. The zero-order chi connectivity index (χ0) is 26.2. The average Bonchev–Trinajstić information content (AvgIpc) is 2.82. The lowest BCUT2D eigenvalue weighted by molar-refractivity contribution is 0.302. The Bertz CT molecular complexity index is 1490. The van der Waals surface area contributed by atoms with Gasteiger partial charge in [0.25, 0.3) is 5.56 Å². The molecular formula is C28H28BrFN4O2. The molecule has 0 amide bonds. The first-order chi connectivity index (χ1) is 17.0. The van der Waals surface area contributed by atoms with Crippen molar-refractivity contribution in [1.82, 2.24) is 19.5 Å². The van der Waals surface area contributed by atoms with Gasteiger partial charge in [-0.15, -0.1) is 0 Å². The first-order valence-electron chi connectivity index (χ1n) is 11.6. The molecule has 36 heavy (non-hydrogen) atoms. The van der Waals surface area contributed by atoms with Crippen molar-refractivity contribution in [3.8, 4) is 22.8 Å². The van der Waals surface area contributed by atoms with Crippen LogP contribution in [0.15, 0.2) is 58.1 Å². The number of hydrogen-bond acceptors (Lipinski definition) is 5. The Labute approximate surface area is 218 Å². The van der Waals surface area contributed by atoms with E-state index in [0.29, 0.717) is 27.3 Å². The van der Waals surface area contributed by atoms with Crippen LogP contribution in [0.2, 0.25) is 0 Å². The standard InChI is InChI=1S/C28H28BrFN4O2/c1-16-13-31-21(25-17(2)14-32-27(33-25)28(4,5)6)12-22(16)34-18(3)11-23(24(29)26(34)35)36-15-19-7-9-20(30)10-8-19/h7-14H,15H2,1-6H3. The summed E-state index contributed by atoms with van der Waals surface area (Å²) < 4.78 is 21.0. The summed E-state index contributed by atoms with van der Waals surface area (Å²) in [5.74, 6) is 0.842. The maximum absolute atomic E-state index is 13.5. The van der Waals surface area contributed by atoms with Gasteiger partial charge in [-0.2, -0.15) is 0 Å². The third kappa shape index (κ3) is 5.23. The van der Waals surface area contributed by atoms with Crippen LogP contribution in [0.4, 0.5) is 4.39 Å². The Morgan fingerprint density at radius 2 is 1.67 bits per heavy atom. The first-order valence-corrected chi connectivity index (χ1v) is 12.4. The minimum absolute atomic E-state index is 0.210. The second-order valence-corrected chi connectivity index (χ2v) is 10.6. The summed E-state index contributed by atoms with van der Waals surface area (Å²) in [4.78, 5) is 27.4. The smallest absolute Gasteiger partial charge is 0.273 e. The van der Waals surface area contributed by atoms with E-state index < -0.39 is 0 Å². The molecule has 0 unspecified atom stereocenters. The van der Waals surface area contributed by atoms with Crippen LogP contribution in [0.1, 0.15) is 49.0 Å². The number of pyridine rings is 2. The highest BCUT2D eigenvalue weighted by atomic mass is 79.9. The molecule has 8 heteroatoms. The highest BCUT2D eigenvalue weighted by molar-refractivity contribution is 9.10. The van der Waals surface area contributed by atoms with Gasteiger partial charge in [0.1, 0.15) is 28.5 Å². The predicted molar refractivity (Wildman–Crippen MR) is 142 cm³/mol. The summed E-state index contributed by atoms with van der Waals surface area (Å²) in [6.45, 7) is 12.1. The Morgan fingerprint density at radius 1 is 1.00 bits per heavy atom. The van der Waals surface area contributed by atoms with Crippen LogP contribution in [0, 0.1) is 26.6 Å². The van der Waals surface area contributed by atoms with Crippen LogP contribution < -0.4 is 10.3 Å². The number of aromatic nitrogens is 4. The molecule has 0 aliphatic carbocycles. The lowest BCUT2D eigenvalue weighted by atomic mass is 9.95. The second kappa shape index (κ2) is 9.93. The van der Waals surface area contributed by atoms with Crippen LogP contribution in [0.25, 0.3) is 17.1 Å². The van der Waals surface area contributed by atoms with Crippen molar-refractivity contribution in [2.75, 3.05) is 0 Å². The summed E-state index contributed by atoms with van der Waals surface area (Å²) in [5.41, 5.74) is 4.90. The van der Waals surface area contributed by atoms with Crippen molar-refractivity contribution in [3.63, 3.8) is 0 Å². The summed E-state index contributed by atoms with van der Waals surface area (Å²) >= 11 is 3.42. The van der Waals surface area contributed by atoms with Crippen molar-refractivity contribution in [2.45, 2.75) is 53.6 Å². The summed E-state index contributed by atoms with van der Waals surface area (Å²) in [5, 5.41) is 0. The van der Waals surface area contributed by atoms with Gasteiger partial charge in [-0.1, -0.05) is 32.9 Å². The van der Waals surface area contributed by atoms with Gasteiger partial charge in [0.2, 0.25) is 0 Å². The predicted octanol–water partition coefficient (Wildman–Crippen LogP) is 6.39. The normalized spacial score (nSPS) is 11.6. The third-order valence-corrected chi connectivity index (χ3v) is 6.54. The van der Waals surface area contributed by atoms with Gasteiger partial charge in [-0.05, 0) is 71.6 Å². The molecule has 0 fully saturated rings. The second-order valence-electron chi connectivity index (χ2n) is 9.85. The Balaban J connectivity index is 1.75. The summed E-state index contributed by atoms with van der Waals surface area (Å²) in [7, 11) is 0. The van der Waals surface area contributed by atoms with Crippen LogP contribution >= 0.6 is 15.9 Å². The zero-order valence-corrected chi connectivity index (χ0v) is 22.8. The molecule has 0 spiro atoms. The van der Waals surface area contributed by atoms with Crippen LogP contribution in [-0.4, -0.2) is 19.5 Å². The number of aryl methyl sites for hydroxylation is 3. The van der Waals surface area contributed by atoms with E-state index in [2.05, 4.69) is 46.7 Å². The monoisotopic (exact) mass is 550 g/mol. The van der Waals surface area contributed by atoms with Crippen LogP contribution in [0.3, 0.4) is 0 Å². The van der Waals surface area contributed by atoms with E-state index in [0.717, 1.165) is 28.2 Å². The molecule has 0 saturated carbocycles. The fourth-order valence-corrected chi connectivity index (χ4v) is 4.18. The molecule has 0 N–H and O–H groups in total. The van der Waals surface area contributed by atoms with E-state index in [4.69, 9.17) is 9.72 Å². The number of benzene rings is 1. The highest BCUT2D eigenvalue weighted by Crippen LogP contribution is 2.29. The number of ether oxygens (including phenoxy) is 1. The molecule has 3 heterocycles. The lowest BCUT2D eigenvalue weighted by Crippen LogP contribution is -2.23. The molecule has 4 aromatic rings. The molecule has 6 nitrogen and oxygen atoms in total. The van der Waals surface area contributed by atoms with Crippen molar-refractivity contribution in [2.24, 2.45) is 0 Å². The molecule has 4 rings (SSSR count). The van der Waals surface area contributed by atoms with Crippen LogP contribution in [-0.2, 0) is 12.0 Å². The fourth-order valence-electron chi connectivity index (χ4n) is 3.77. The van der Waals surface area contributed by atoms with E-state index in [1.165, 1.54) is 12.1 Å². The molecule has 1 aromatic carbocycles. The quantitative estimate of drug-likeness (QED) is 0.288. The van der Waals surface area contributed by atoms with Gasteiger partial charge >= 0.3 is 0 Å². The highest BCUT2D eigenvalue weighted by Gasteiger charge is 2.21. The molecule has 0 atom stereocenters. The van der Waals surface area contributed by atoms with Gasteiger partial charge in [0.05, 0.1) is 17.1 Å². The molecule has 0 bridgehead atoms. The number of nitrogens with zero attached hydrogens (tertiary/aromatic N) is 4. The molecule has 0 aliphatic heterocycles. The third-order valence-electron chi connectivity index (χ3n) is 5.81. The molecular weight excluding hydrogens is 523 g/mol. The minimum atomic E-state index is -0.308. The number of hydrogen-bond donors (Lipinski definition) is 0. The van der Waals surface area contributed by atoms with E-state index in [-0.39, 0.29) is 23.4 Å². The average molecular weight is 551 g/mol.